The zero-order valence-corrected chi connectivity index (χ0v) is 12.5. The van der Waals surface area contributed by atoms with Crippen LogP contribution < -0.4 is 10.1 Å². The van der Waals surface area contributed by atoms with Crippen LogP contribution in [-0.4, -0.2) is 18.8 Å². The van der Waals surface area contributed by atoms with Crippen molar-refractivity contribution in [3.63, 3.8) is 0 Å². The zero-order chi connectivity index (χ0) is 16.1. The number of hydrogen-bond donors (Lipinski definition) is 2. The highest BCUT2D eigenvalue weighted by Gasteiger charge is 2.14. The summed E-state index contributed by atoms with van der Waals surface area (Å²) in [4.78, 5) is 0. The molecule has 0 fully saturated rings. The molecule has 2 aromatic rings. The largest absolute Gasteiger partial charge is 0.497 e. The molecule has 2 N–H and O–H groups in total. The number of benzene rings is 2. The fraction of sp³-hybridized carbons (Fsp3) is 0.294. The third kappa shape index (κ3) is 4.02. The van der Waals surface area contributed by atoms with Crippen LogP contribution >= 0.6 is 0 Å². The van der Waals surface area contributed by atoms with Crippen molar-refractivity contribution in [3.05, 3.63) is 65.2 Å². The summed E-state index contributed by atoms with van der Waals surface area (Å²) in [5.41, 5.74) is 1.10. The third-order valence-electron chi connectivity index (χ3n) is 3.55. The molecule has 22 heavy (non-hydrogen) atoms. The number of nitrogens with one attached hydrogen (secondary N) is 1. The Balaban J connectivity index is 1.97. The first kappa shape index (κ1) is 16.4. The summed E-state index contributed by atoms with van der Waals surface area (Å²) in [7, 11) is 1.48. The second kappa shape index (κ2) is 7.33. The van der Waals surface area contributed by atoms with E-state index in [-0.39, 0.29) is 24.2 Å². The van der Waals surface area contributed by atoms with Gasteiger partial charge in [0.25, 0.3) is 0 Å². The lowest BCUT2D eigenvalue weighted by Gasteiger charge is -2.18. The Morgan fingerprint density at radius 2 is 1.82 bits per heavy atom. The second-order valence-electron chi connectivity index (χ2n) is 5.08. The van der Waals surface area contributed by atoms with Crippen LogP contribution in [-0.2, 0) is 0 Å². The lowest BCUT2D eigenvalue weighted by atomic mass is 10.1. The van der Waals surface area contributed by atoms with Crippen molar-refractivity contribution in [2.45, 2.75) is 19.1 Å². The fourth-order valence-corrected chi connectivity index (χ4v) is 2.19. The Bertz CT molecular complexity index is 617. The standard InChI is InChI=1S/C17H19F2NO2/c1-11(15-8-7-14(22-2)9-16(15)19)20-10-17(21)12-3-5-13(18)6-4-12/h3-9,11,17,20-21H,10H2,1-2H3. The second-order valence-corrected chi connectivity index (χ2v) is 5.08. The molecule has 0 bridgehead atoms. The summed E-state index contributed by atoms with van der Waals surface area (Å²) >= 11 is 0. The summed E-state index contributed by atoms with van der Waals surface area (Å²) < 4.78 is 31.8. The molecule has 0 radical (unpaired) electrons. The van der Waals surface area contributed by atoms with Gasteiger partial charge in [0.05, 0.1) is 13.2 Å². The molecule has 118 valence electrons. The molecule has 2 atom stereocenters. The van der Waals surface area contributed by atoms with Gasteiger partial charge in [-0.3, -0.25) is 0 Å². The summed E-state index contributed by atoms with van der Waals surface area (Å²) in [6.45, 7) is 2.04. The van der Waals surface area contributed by atoms with Crippen LogP contribution in [0.2, 0.25) is 0 Å². The van der Waals surface area contributed by atoms with Gasteiger partial charge >= 0.3 is 0 Å². The molecular formula is C17H19F2NO2. The van der Waals surface area contributed by atoms with E-state index in [9.17, 15) is 13.9 Å². The van der Waals surface area contributed by atoms with Crippen molar-refractivity contribution < 1.29 is 18.6 Å². The Labute approximate surface area is 128 Å². The van der Waals surface area contributed by atoms with Gasteiger partial charge in [0.1, 0.15) is 17.4 Å². The molecule has 2 unspecified atom stereocenters. The lowest BCUT2D eigenvalue weighted by Crippen LogP contribution is -2.25. The van der Waals surface area contributed by atoms with Gasteiger partial charge in [0, 0.05) is 24.2 Å². The predicted molar refractivity (Wildman–Crippen MR) is 80.7 cm³/mol. The van der Waals surface area contributed by atoms with Gasteiger partial charge in [-0.05, 0) is 30.7 Å². The molecule has 0 aliphatic rings. The molecular weight excluding hydrogens is 288 g/mol. The average molecular weight is 307 g/mol. The Kier molecular flexibility index (Phi) is 5.46. The molecule has 0 heterocycles. The normalized spacial score (nSPS) is 13.7. The molecule has 0 saturated carbocycles. The van der Waals surface area contributed by atoms with Crippen LogP contribution in [0.15, 0.2) is 42.5 Å². The first-order chi connectivity index (χ1) is 10.5. The zero-order valence-electron chi connectivity index (χ0n) is 12.5. The van der Waals surface area contributed by atoms with Gasteiger partial charge < -0.3 is 15.2 Å². The van der Waals surface area contributed by atoms with Crippen LogP contribution in [0.5, 0.6) is 5.75 Å². The SMILES string of the molecule is COc1ccc(C(C)NCC(O)c2ccc(F)cc2)c(F)c1. The minimum Gasteiger partial charge on any atom is -0.497 e. The highest BCUT2D eigenvalue weighted by Crippen LogP contribution is 2.22. The minimum absolute atomic E-state index is 0.234. The van der Waals surface area contributed by atoms with Crippen LogP contribution in [0.1, 0.15) is 30.2 Å². The highest BCUT2D eigenvalue weighted by molar-refractivity contribution is 5.30. The van der Waals surface area contributed by atoms with E-state index in [1.807, 2.05) is 6.92 Å². The van der Waals surface area contributed by atoms with Gasteiger partial charge in [-0.2, -0.15) is 0 Å². The maximum absolute atomic E-state index is 14.0. The van der Waals surface area contributed by atoms with E-state index in [4.69, 9.17) is 4.74 Å². The minimum atomic E-state index is -0.788. The first-order valence-corrected chi connectivity index (χ1v) is 7.01. The Morgan fingerprint density at radius 1 is 1.14 bits per heavy atom. The monoisotopic (exact) mass is 307 g/mol. The summed E-state index contributed by atoms with van der Waals surface area (Å²) in [5.74, 6) is -0.256. The van der Waals surface area contributed by atoms with E-state index in [1.165, 1.54) is 37.4 Å². The number of rotatable bonds is 6. The highest BCUT2D eigenvalue weighted by atomic mass is 19.1. The van der Waals surface area contributed by atoms with Crippen LogP contribution in [0.25, 0.3) is 0 Å². The number of halogens is 2. The number of aliphatic hydroxyl groups excluding tert-OH is 1. The molecule has 3 nitrogen and oxygen atoms in total. The number of aliphatic hydroxyl groups is 1. The summed E-state index contributed by atoms with van der Waals surface area (Å²) in [6, 6.07) is 10.0. The van der Waals surface area contributed by atoms with Crippen molar-refractivity contribution in [3.8, 4) is 5.75 Å². The van der Waals surface area contributed by atoms with Gasteiger partial charge in [-0.25, -0.2) is 8.78 Å². The average Bonchev–Trinajstić information content (AvgIpc) is 2.52. The molecule has 2 aromatic carbocycles. The van der Waals surface area contributed by atoms with Crippen molar-refractivity contribution in [1.29, 1.82) is 0 Å². The molecule has 0 aromatic heterocycles. The van der Waals surface area contributed by atoms with E-state index >= 15 is 0 Å². The fourth-order valence-electron chi connectivity index (χ4n) is 2.19. The van der Waals surface area contributed by atoms with E-state index in [0.717, 1.165) is 0 Å². The molecule has 0 spiro atoms. The molecule has 5 heteroatoms. The third-order valence-corrected chi connectivity index (χ3v) is 3.55. The van der Waals surface area contributed by atoms with Gasteiger partial charge in [-0.1, -0.05) is 18.2 Å². The van der Waals surface area contributed by atoms with E-state index in [0.29, 0.717) is 16.9 Å². The van der Waals surface area contributed by atoms with Crippen LogP contribution in [0.3, 0.4) is 0 Å². The number of hydrogen-bond acceptors (Lipinski definition) is 3. The molecule has 0 saturated heterocycles. The number of ether oxygens (including phenoxy) is 1. The van der Waals surface area contributed by atoms with Crippen molar-refractivity contribution in [2.75, 3.05) is 13.7 Å². The smallest absolute Gasteiger partial charge is 0.131 e. The van der Waals surface area contributed by atoms with Crippen LogP contribution in [0.4, 0.5) is 8.78 Å². The Morgan fingerprint density at radius 3 is 2.41 bits per heavy atom. The van der Waals surface area contributed by atoms with E-state index < -0.39 is 6.10 Å². The van der Waals surface area contributed by atoms with Crippen molar-refractivity contribution in [2.24, 2.45) is 0 Å². The van der Waals surface area contributed by atoms with Gasteiger partial charge in [-0.15, -0.1) is 0 Å². The van der Waals surface area contributed by atoms with Gasteiger partial charge in [0.2, 0.25) is 0 Å². The lowest BCUT2D eigenvalue weighted by molar-refractivity contribution is 0.170. The maximum atomic E-state index is 14.0. The van der Waals surface area contributed by atoms with E-state index in [1.54, 1.807) is 12.1 Å². The van der Waals surface area contributed by atoms with Crippen molar-refractivity contribution >= 4 is 0 Å². The summed E-state index contributed by atoms with van der Waals surface area (Å²) in [5, 5.41) is 13.1. The predicted octanol–water partition coefficient (Wildman–Crippen LogP) is 3.36. The first-order valence-electron chi connectivity index (χ1n) is 7.01. The molecule has 0 aliphatic heterocycles. The molecule has 2 rings (SSSR count). The quantitative estimate of drug-likeness (QED) is 0.860. The van der Waals surface area contributed by atoms with Crippen LogP contribution in [0, 0.1) is 11.6 Å². The van der Waals surface area contributed by atoms with E-state index in [2.05, 4.69) is 5.32 Å². The topological polar surface area (TPSA) is 41.5 Å². The molecule has 0 amide bonds. The number of methoxy groups -OCH3 is 1. The summed E-state index contributed by atoms with van der Waals surface area (Å²) in [6.07, 6.45) is -0.788. The molecule has 0 aliphatic carbocycles. The van der Waals surface area contributed by atoms with Crippen molar-refractivity contribution in [1.82, 2.24) is 5.32 Å². The maximum Gasteiger partial charge on any atom is 0.131 e. The Hall–Kier alpha value is -1.98. The van der Waals surface area contributed by atoms with Gasteiger partial charge in [0.15, 0.2) is 0 Å².